The second kappa shape index (κ2) is 7.13. The molecule has 0 amide bonds. The van der Waals surface area contributed by atoms with Gasteiger partial charge in [0.1, 0.15) is 17.4 Å². The van der Waals surface area contributed by atoms with Crippen LogP contribution in [-0.2, 0) is 13.1 Å². The molecule has 2 heterocycles. The molecule has 0 bridgehead atoms. The largest absolute Gasteiger partial charge is 0.497 e. The number of ether oxygens (including phenoxy) is 1. The molecule has 3 rings (SSSR count). The Morgan fingerprint density at radius 1 is 1.26 bits per heavy atom. The molecule has 0 saturated carbocycles. The Morgan fingerprint density at radius 3 is 2.87 bits per heavy atom. The molecule has 1 aliphatic heterocycles. The van der Waals surface area contributed by atoms with Crippen molar-refractivity contribution in [1.82, 2.24) is 19.7 Å². The van der Waals surface area contributed by atoms with Crippen molar-refractivity contribution in [2.24, 2.45) is 0 Å². The van der Waals surface area contributed by atoms with Crippen molar-refractivity contribution in [2.45, 2.75) is 52.2 Å². The van der Waals surface area contributed by atoms with Gasteiger partial charge in [-0.25, -0.2) is 9.67 Å². The summed E-state index contributed by atoms with van der Waals surface area (Å²) in [4.78, 5) is 7.00. The van der Waals surface area contributed by atoms with Crippen molar-refractivity contribution in [3.8, 4) is 5.75 Å². The zero-order chi connectivity index (χ0) is 16.2. The van der Waals surface area contributed by atoms with Gasteiger partial charge in [-0.15, -0.1) is 0 Å². The lowest BCUT2D eigenvalue weighted by Gasteiger charge is -2.35. The minimum atomic E-state index is 0.523. The number of hydrogen-bond acceptors (Lipinski definition) is 4. The number of piperidine rings is 1. The minimum Gasteiger partial charge on any atom is -0.497 e. The van der Waals surface area contributed by atoms with Crippen LogP contribution in [0.1, 0.15) is 36.5 Å². The molecule has 1 saturated heterocycles. The van der Waals surface area contributed by atoms with Crippen LogP contribution in [0.5, 0.6) is 5.75 Å². The van der Waals surface area contributed by atoms with Crippen molar-refractivity contribution in [3.63, 3.8) is 0 Å². The summed E-state index contributed by atoms with van der Waals surface area (Å²) in [6.45, 7) is 7.04. The third-order valence-corrected chi connectivity index (χ3v) is 4.62. The van der Waals surface area contributed by atoms with Gasteiger partial charge in [0.2, 0.25) is 0 Å². The summed E-state index contributed by atoms with van der Waals surface area (Å²) < 4.78 is 7.40. The second-order valence-corrected chi connectivity index (χ2v) is 6.36. The summed E-state index contributed by atoms with van der Waals surface area (Å²) in [6, 6.07) is 8.90. The predicted molar refractivity (Wildman–Crippen MR) is 90.5 cm³/mol. The fourth-order valence-corrected chi connectivity index (χ4v) is 3.41. The molecule has 1 aliphatic rings. The predicted octanol–water partition coefficient (Wildman–Crippen LogP) is 2.96. The molecule has 1 atom stereocenters. The highest BCUT2D eigenvalue weighted by Crippen LogP contribution is 2.22. The van der Waals surface area contributed by atoms with Gasteiger partial charge >= 0.3 is 0 Å². The van der Waals surface area contributed by atoms with Crippen LogP contribution in [0, 0.1) is 13.8 Å². The summed E-state index contributed by atoms with van der Waals surface area (Å²) >= 11 is 0. The lowest BCUT2D eigenvalue weighted by Crippen LogP contribution is -2.41. The number of hydrogen-bond donors (Lipinski definition) is 0. The van der Waals surface area contributed by atoms with E-state index >= 15 is 0 Å². The highest BCUT2D eigenvalue weighted by Gasteiger charge is 2.24. The average molecular weight is 314 g/mol. The van der Waals surface area contributed by atoms with Crippen LogP contribution >= 0.6 is 0 Å². The normalized spacial score (nSPS) is 19.0. The number of benzene rings is 1. The molecule has 0 unspecified atom stereocenters. The van der Waals surface area contributed by atoms with Crippen LogP contribution in [0.4, 0.5) is 0 Å². The van der Waals surface area contributed by atoms with E-state index in [9.17, 15) is 0 Å². The van der Waals surface area contributed by atoms with Gasteiger partial charge in [-0.1, -0.05) is 18.6 Å². The van der Waals surface area contributed by atoms with Gasteiger partial charge in [-0.2, -0.15) is 5.10 Å². The van der Waals surface area contributed by atoms with E-state index in [4.69, 9.17) is 4.74 Å². The summed E-state index contributed by atoms with van der Waals surface area (Å²) in [6.07, 6.45) is 3.80. The molecule has 0 radical (unpaired) electrons. The minimum absolute atomic E-state index is 0.523. The van der Waals surface area contributed by atoms with E-state index in [1.807, 2.05) is 19.9 Å². The molecule has 5 nitrogen and oxygen atoms in total. The second-order valence-electron chi connectivity index (χ2n) is 6.36. The van der Waals surface area contributed by atoms with Gasteiger partial charge in [0.05, 0.1) is 13.7 Å². The van der Waals surface area contributed by atoms with E-state index < -0.39 is 0 Å². The van der Waals surface area contributed by atoms with Crippen LogP contribution in [0.15, 0.2) is 24.3 Å². The quantitative estimate of drug-likeness (QED) is 0.851. The number of aryl methyl sites for hydroxylation is 2. The van der Waals surface area contributed by atoms with Gasteiger partial charge < -0.3 is 4.74 Å². The van der Waals surface area contributed by atoms with E-state index in [1.54, 1.807) is 7.11 Å². The number of likely N-dealkylation sites (tertiary alicyclic amines) is 1. The standard InChI is InChI=1S/C18H26N4O/c1-14-19-15(2)22(20-14)13-17-8-4-5-10-21(17)12-16-7-6-9-18(11-16)23-3/h6-7,9,11,17H,4-5,8,10,12-13H2,1-3H3/t17-/m1/s1. The summed E-state index contributed by atoms with van der Waals surface area (Å²) in [5.74, 6) is 2.80. The first-order valence-electron chi connectivity index (χ1n) is 8.41. The van der Waals surface area contributed by atoms with Crippen molar-refractivity contribution < 1.29 is 4.74 Å². The molecular weight excluding hydrogens is 288 g/mol. The maximum Gasteiger partial charge on any atom is 0.147 e. The molecule has 1 aromatic carbocycles. The number of aromatic nitrogens is 3. The van der Waals surface area contributed by atoms with Crippen LogP contribution in [-0.4, -0.2) is 39.4 Å². The molecule has 1 fully saturated rings. The number of methoxy groups -OCH3 is 1. The summed E-state index contributed by atoms with van der Waals surface area (Å²) in [5.41, 5.74) is 1.31. The number of rotatable bonds is 5. The summed E-state index contributed by atoms with van der Waals surface area (Å²) in [7, 11) is 1.72. The van der Waals surface area contributed by atoms with Crippen LogP contribution in [0.3, 0.4) is 0 Å². The Kier molecular flexibility index (Phi) is 4.96. The topological polar surface area (TPSA) is 43.2 Å². The average Bonchev–Trinajstić information content (AvgIpc) is 2.87. The Balaban J connectivity index is 1.72. The van der Waals surface area contributed by atoms with E-state index in [2.05, 4.69) is 37.9 Å². The Bertz CT molecular complexity index is 652. The first-order chi connectivity index (χ1) is 11.2. The van der Waals surface area contributed by atoms with E-state index in [-0.39, 0.29) is 0 Å². The maximum atomic E-state index is 5.34. The van der Waals surface area contributed by atoms with Gasteiger partial charge in [0.15, 0.2) is 0 Å². The molecular formula is C18H26N4O. The first kappa shape index (κ1) is 16.0. The fourth-order valence-electron chi connectivity index (χ4n) is 3.41. The molecule has 2 aromatic rings. The van der Waals surface area contributed by atoms with Crippen LogP contribution in [0.2, 0.25) is 0 Å². The maximum absolute atomic E-state index is 5.34. The highest BCUT2D eigenvalue weighted by molar-refractivity contribution is 5.28. The Labute approximate surface area is 138 Å². The zero-order valence-electron chi connectivity index (χ0n) is 14.3. The van der Waals surface area contributed by atoms with Gasteiger partial charge in [0.25, 0.3) is 0 Å². The molecule has 0 N–H and O–H groups in total. The molecule has 1 aromatic heterocycles. The van der Waals surface area contributed by atoms with Crippen molar-refractivity contribution in [3.05, 3.63) is 41.5 Å². The van der Waals surface area contributed by atoms with Crippen molar-refractivity contribution in [2.75, 3.05) is 13.7 Å². The van der Waals surface area contributed by atoms with Crippen LogP contribution in [0.25, 0.3) is 0 Å². The SMILES string of the molecule is COc1cccc(CN2CCCC[C@@H]2Cn2nc(C)nc2C)c1. The highest BCUT2D eigenvalue weighted by atomic mass is 16.5. The van der Waals surface area contributed by atoms with E-state index in [0.29, 0.717) is 6.04 Å². The van der Waals surface area contributed by atoms with Crippen molar-refractivity contribution >= 4 is 0 Å². The van der Waals surface area contributed by atoms with Gasteiger partial charge in [-0.3, -0.25) is 4.90 Å². The molecule has 0 spiro atoms. The third-order valence-electron chi connectivity index (χ3n) is 4.62. The lowest BCUT2D eigenvalue weighted by atomic mass is 10.0. The molecule has 0 aliphatic carbocycles. The van der Waals surface area contributed by atoms with Crippen molar-refractivity contribution in [1.29, 1.82) is 0 Å². The molecule has 23 heavy (non-hydrogen) atoms. The zero-order valence-corrected chi connectivity index (χ0v) is 14.3. The smallest absolute Gasteiger partial charge is 0.147 e. The fraction of sp³-hybridized carbons (Fsp3) is 0.556. The number of nitrogens with zero attached hydrogens (tertiary/aromatic N) is 4. The van der Waals surface area contributed by atoms with Crippen LogP contribution < -0.4 is 4.74 Å². The third kappa shape index (κ3) is 3.91. The lowest BCUT2D eigenvalue weighted by molar-refractivity contribution is 0.121. The molecule has 124 valence electrons. The van der Waals surface area contributed by atoms with E-state index in [0.717, 1.165) is 37.0 Å². The van der Waals surface area contributed by atoms with Gasteiger partial charge in [0, 0.05) is 12.6 Å². The monoisotopic (exact) mass is 314 g/mol. The molecule has 5 heteroatoms. The Morgan fingerprint density at radius 2 is 2.13 bits per heavy atom. The van der Waals surface area contributed by atoms with Gasteiger partial charge in [-0.05, 0) is 50.9 Å². The summed E-state index contributed by atoms with van der Waals surface area (Å²) in [5, 5.41) is 4.53. The Hall–Kier alpha value is -1.88. The first-order valence-corrected chi connectivity index (χ1v) is 8.41. The van der Waals surface area contributed by atoms with E-state index in [1.165, 1.54) is 24.8 Å².